The van der Waals surface area contributed by atoms with E-state index in [0.29, 0.717) is 11.1 Å². The van der Waals surface area contributed by atoms with E-state index in [0.717, 1.165) is 62.6 Å². The van der Waals surface area contributed by atoms with Gasteiger partial charge >= 0.3 is 0 Å². The van der Waals surface area contributed by atoms with Crippen LogP contribution in [-0.4, -0.2) is 44.3 Å². The first kappa shape index (κ1) is 15.9. The van der Waals surface area contributed by atoms with Crippen LogP contribution in [0.1, 0.15) is 31.2 Å². The average molecular weight is 325 g/mol. The van der Waals surface area contributed by atoms with E-state index in [1.54, 1.807) is 7.11 Å². The van der Waals surface area contributed by atoms with Gasteiger partial charge in [-0.1, -0.05) is 11.6 Å². The van der Waals surface area contributed by atoms with Gasteiger partial charge in [0.15, 0.2) is 11.5 Å². The molecule has 5 heteroatoms. The Morgan fingerprint density at radius 2 is 1.95 bits per heavy atom. The molecule has 0 amide bonds. The molecule has 1 saturated heterocycles. The normalized spacial score (nSPS) is 20.3. The summed E-state index contributed by atoms with van der Waals surface area (Å²) in [7, 11) is 1.68. The second-order valence-corrected chi connectivity index (χ2v) is 6.58. The van der Waals surface area contributed by atoms with Crippen LogP contribution >= 0.6 is 11.6 Å². The van der Waals surface area contributed by atoms with Gasteiger partial charge in [0.05, 0.1) is 13.2 Å². The van der Waals surface area contributed by atoms with Crippen molar-refractivity contribution < 1.29 is 9.47 Å². The van der Waals surface area contributed by atoms with Crippen molar-refractivity contribution in [2.24, 2.45) is 0 Å². The van der Waals surface area contributed by atoms with E-state index in [-0.39, 0.29) is 0 Å². The molecule has 1 aromatic carbocycles. The Balaban J connectivity index is 1.82. The van der Waals surface area contributed by atoms with Gasteiger partial charge in [-0.25, -0.2) is 0 Å². The van der Waals surface area contributed by atoms with Crippen LogP contribution in [0.2, 0.25) is 5.02 Å². The molecule has 0 atom stereocenters. The second kappa shape index (κ2) is 7.53. The molecule has 122 valence electrons. The standard InChI is InChI=1S/C17H25ClN2O2/c1-21-16-11-14(18)10-13(12-20-8-6-19-7-9-20)17(16)22-15-4-2-3-5-15/h10-11,15,19H,2-9,12H2,1H3. The lowest BCUT2D eigenvalue weighted by molar-refractivity contribution is 0.189. The average Bonchev–Trinajstić information content (AvgIpc) is 3.03. The Morgan fingerprint density at radius 3 is 2.64 bits per heavy atom. The predicted octanol–water partition coefficient (Wildman–Crippen LogP) is 3.08. The molecule has 1 N–H and O–H groups in total. The van der Waals surface area contributed by atoms with Crippen molar-refractivity contribution in [2.45, 2.75) is 38.3 Å². The second-order valence-electron chi connectivity index (χ2n) is 6.15. The number of piperazine rings is 1. The van der Waals surface area contributed by atoms with Crippen molar-refractivity contribution in [1.82, 2.24) is 10.2 Å². The maximum absolute atomic E-state index is 6.30. The van der Waals surface area contributed by atoms with Crippen LogP contribution < -0.4 is 14.8 Å². The Hall–Kier alpha value is -0.970. The van der Waals surface area contributed by atoms with Crippen LogP contribution in [-0.2, 0) is 6.54 Å². The molecule has 0 aromatic heterocycles. The van der Waals surface area contributed by atoms with E-state index in [1.165, 1.54) is 12.8 Å². The minimum atomic E-state index is 0.317. The van der Waals surface area contributed by atoms with E-state index < -0.39 is 0 Å². The van der Waals surface area contributed by atoms with Crippen LogP contribution in [0, 0.1) is 0 Å². The molecule has 4 nitrogen and oxygen atoms in total. The van der Waals surface area contributed by atoms with Gasteiger partial charge < -0.3 is 14.8 Å². The highest BCUT2D eigenvalue weighted by molar-refractivity contribution is 6.30. The molecular formula is C17H25ClN2O2. The van der Waals surface area contributed by atoms with Gasteiger partial charge in [-0.15, -0.1) is 0 Å². The van der Waals surface area contributed by atoms with Crippen LogP contribution in [0.4, 0.5) is 0 Å². The predicted molar refractivity (Wildman–Crippen MR) is 89.0 cm³/mol. The fourth-order valence-electron chi connectivity index (χ4n) is 3.31. The molecule has 0 bridgehead atoms. The molecule has 0 spiro atoms. The molecular weight excluding hydrogens is 300 g/mol. The minimum absolute atomic E-state index is 0.317. The Morgan fingerprint density at radius 1 is 1.23 bits per heavy atom. The van der Waals surface area contributed by atoms with E-state index in [2.05, 4.69) is 10.2 Å². The maximum atomic E-state index is 6.30. The minimum Gasteiger partial charge on any atom is -0.493 e. The number of halogens is 1. The molecule has 2 aliphatic rings. The van der Waals surface area contributed by atoms with Gasteiger partial charge in [0.25, 0.3) is 0 Å². The summed E-state index contributed by atoms with van der Waals surface area (Å²) in [6.45, 7) is 5.04. The van der Waals surface area contributed by atoms with E-state index in [4.69, 9.17) is 21.1 Å². The highest BCUT2D eigenvalue weighted by Crippen LogP contribution is 2.38. The van der Waals surface area contributed by atoms with E-state index in [9.17, 15) is 0 Å². The maximum Gasteiger partial charge on any atom is 0.166 e. The topological polar surface area (TPSA) is 33.7 Å². The lowest BCUT2D eigenvalue weighted by atomic mass is 10.1. The largest absolute Gasteiger partial charge is 0.493 e. The van der Waals surface area contributed by atoms with Crippen LogP contribution in [0.25, 0.3) is 0 Å². The number of hydrogen-bond donors (Lipinski definition) is 1. The Bertz CT molecular complexity index is 498. The molecule has 3 rings (SSSR count). The first-order chi connectivity index (χ1) is 10.8. The number of methoxy groups -OCH3 is 1. The smallest absolute Gasteiger partial charge is 0.166 e. The molecule has 22 heavy (non-hydrogen) atoms. The van der Waals surface area contributed by atoms with Crippen LogP contribution in [0.15, 0.2) is 12.1 Å². The van der Waals surface area contributed by atoms with Gasteiger partial charge in [-0.3, -0.25) is 4.90 Å². The molecule has 1 saturated carbocycles. The fraction of sp³-hybridized carbons (Fsp3) is 0.647. The van der Waals surface area contributed by atoms with E-state index >= 15 is 0 Å². The van der Waals surface area contributed by atoms with Crippen LogP contribution in [0.5, 0.6) is 11.5 Å². The SMILES string of the molecule is COc1cc(Cl)cc(CN2CCNCC2)c1OC1CCCC1. The van der Waals surface area contributed by atoms with Gasteiger partial charge in [0.1, 0.15) is 0 Å². The summed E-state index contributed by atoms with van der Waals surface area (Å²) in [4.78, 5) is 2.43. The van der Waals surface area contributed by atoms with Gasteiger partial charge in [-0.05, 0) is 31.7 Å². The third-order valence-electron chi connectivity index (χ3n) is 4.51. The van der Waals surface area contributed by atoms with Crippen molar-refractivity contribution in [1.29, 1.82) is 0 Å². The first-order valence-corrected chi connectivity index (χ1v) is 8.60. The molecule has 1 heterocycles. The van der Waals surface area contributed by atoms with Crippen molar-refractivity contribution in [2.75, 3.05) is 33.3 Å². The highest BCUT2D eigenvalue weighted by atomic mass is 35.5. The zero-order valence-corrected chi connectivity index (χ0v) is 14.0. The third kappa shape index (κ3) is 3.86. The van der Waals surface area contributed by atoms with Gasteiger partial charge in [0.2, 0.25) is 0 Å². The van der Waals surface area contributed by atoms with Crippen molar-refractivity contribution in [3.05, 3.63) is 22.7 Å². The monoisotopic (exact) mass is 324 g/mol. The first-order valence-electron chi connectivity index (χ1n) is 8.22. The molecule has 1 aliphatic carbocycles. The number of nitrogens with zero attached hydrogens (tertiary/aromatic N) is 1. The molecule has 1 aliphatic heterocycles. The summed E-state index contributed by atoms with van der Waals surface area (Å²) < 4.78 is 11.8. The quantitative estimate of drug-likeness (QED) is 0.902. The summed E-state index contributed by atoms with van der Waals surface area (Å²) in [6.07, 6.45) is 5.11. The number of benzene rings is 1. The summed E-state index contributed by atoms with van der Waals surface area (Å²) >= 11 is 6.27. The van der Waals surface area contributed by atoms with Crippen molar-refractivity contribution >= 4 is 11.6 Å². The molecule has 0 radical (unpaired) electrons. The van der Waals surface area contributed by atoms with Crippen LogP contribution in [0.3, 0.4) is 0 Å². The third-order valence-corrected chi connectivity index (χ3v) is 4.72. The highest BCUT2D eigenvalue weighted by Gasteiger charge is 2.22. The van der Waals surface area contributed by atoms with Crippen molar-refractivity contribution in [3.63, 3.8) is 0 Å². The molecule has 1 aromatic rings. The summed E-state index contributed by atoms with van der Waals surface area (Å²) in [5.41, 5.74) is 1.14. The van der Waals surface area contributed by atoms with Gasteiger partial charge in [0, 0.05) is 49.4 Å². The molecule has 0 unspecified atom stereocenters. The summed E-state index contributed by atoms with van der Waals surface area (Å²) in [5.74, 6) is 1.64. The van der Waals surface area contributed by atoms with E-state index in [1.807, 2.05) is 12.1 Å². The molecule has 2 fully saturated rings. The number of hydrogen-bond acceptors (Lipinski definition) is 4. The Kier molecular flexibility index (Phi) is 5.45. The number of rotatable bonds is 5. The zero-order chi connectivity index (χ0) is 15.4. The summed E-state index contributed by atoms with van der Waals surface area (Å²) in [5, 5.41) is 4.09. The fourth-order valence-corrected chi connectivity index (χ4v) is 3.54. The zero-order valence-electron chi connectivity index (χ0n) is 13.2. The number of ether oxygens (including phenoxy) is 2. The lowest BCUT2D eigenvalue weighted by Gasteiger charge is -2.28. The van der Waals surface area contributed by atoms with Gasteiger partial charge in [-0.2, -0.15) is 0 Å². The Labute approximate surface area is 137 Å². The summed E-state index contributed by atoms with van der Waals surface area (Å²) in [6, 6.07) is 3.88. The lowest BCUT2D eigenvalue weighted by Crippen LogP contribution is -2.43. The number of nitrogens with one attached hydrogen (secondary N) is 1. The van der Waals surface area contributed by atoms with Crippen molar-refractivity contribution in [3.8, 4) is 11.5 Å².